The molecule has 0 aliphatic heterocycles. The molecule has 0 spiro atoms. The Hall–Kier alpha value is -2.11. The highest BCUT2D eigenvalue weighted by Crippen LogP contribution is 2.24. The van der Waals surface area contributed by atoms with Gasteiger partial charge in [-0.15, -0.1) is 0 Å². The van der Waals surface area contributed by atoms with Crippen LogP contribution in [0.4, 0.5) is 0 Å². The molecule has 0 bridgehead atoms. The van der Waals surface area contributed by atoms with Gasteiger partial charge in [0.25, 0.3) is 0 Å². The van der Waals surface area contributed by atoms with Gasteiger partial charge >= 0.3 is 5.97 Å². The first-order valence-corrected chi connectivity index (χ1v) is 7.63. The lowest BCUT2D eigenvalue weighted by Gasteiger charge is -2.19. The van der Waals surface area contributed by atoms with E-state index in [1.54, 1.807) is 24.5 Å². The smallest absolute Gasteiger partial charge is 0.341 e. The highest BCUT2D eigenvalue weighted by molar-refractivity contribution is 6.30. The predicted octanol–water partition coefficient (Wildman–Crippen LogP) is 2.87. The van der Waals surface area contributed by atoms with Crippen molar-refractivity contribution in [3.63, 3.8) is 0 Å². The minimum atomic E-state index is -1.00. The van der Waals surface area contributed by atoms with Gasteiger partial charge in [0, 0.05) is 36.1 Å². The van der Waals surface area contributed by atoms with Crippen molar-refractivity contribution in [2.45, 2.75) is 13.0 Å². The molecule has 23 heavy (non-hydrogen) atoms. The maximum atomic E-state index is 10.7. The summed E-state index contributed by atoms with van der Waals surface area (Å²) in [6.45, 7) is 1.12. The van der Waals surface area contributed by atoms with E-state index in [0.717, 1.165) is 18.5 Å². The first-order chi connectivity index (χ1) is 11.0. The number of ether oxygens (including phenoxy) is 1. The molecule has 1 heterocycles. The fourth-order valence-corrected chi connectivity index (χ4v) is 2.39. The average Bonchev–Trinajstić information content (AvgIpc) is 2.53. The van der Waals surface area contributed by atoms with Gasteiger partial charge in [0.15, 0.2) is 6.61 Å². The first-order valence-electron chi connectivity index (χ1n) is 7.25. The van der Waals surface area contributed by atoms with Crippen LogP contribution in [0, 0.1) is 0 Å². The molecule has 0 radical (unpaired) electrons. The van der Waals surface area contributed by atoms with Gasteiger partial charge in [-0.05, 0) is 49.4 Å². The van der Waals surface area contributed by atoms with E-state index in [4.69, 9.17) is 21.4 Å². The van der Waals surface area contributed by atoms with E-state index in [-0.39, 0.29) is 6.61 Å². The summed E-state index contributed by atoms with van der Waals surface area (Å²) < 4.78 is 5.32. The topological polar surface area (TPSA) is 62.7 Å². The Labute approximate surface area is 140 Å². The van der Waals surface area contributed by atoms with Crippen LogP contribution >= 0.6 is 11.6 Å². The highest BCUT2D eigenvalue weighted by Gasteiger charge is 2.10. The number of halogens is 1. The molecule has 0 unspecified atom stereocenters. The summed E-state index contributed by atoms with van der Waals surface area (Å²) >= 11 is 6.04. The minimum absolute atomic E-state index is 0.366. The zero-order valence-electron chi connectivity index (χ0n) is 12.9. The van der Waals surface area contributed by atoms with Crippen molar-refractivity contribution in [1.82, 2.24) is 9.88 Å². The zero-order valence-corrected chi connectivity index (χ0v) is 13.7. The number of aromatic nitrogens is 1. The molecule has 0 aliphatic carbocycles. The Kier molecular flexibility index (Phi) is 6.38. The van der Waals surface area contributed by atoms with Crippen LogP contribution in [0.2, 0.25) is 5.02 Å². The van der Waals surface area contributed by atoms with E-state index in [0.29, 0.717) is 17.3 Å². The SMILES string of the molecule is CN(CCc1ccncc1)Cc1cc(Cl)ccc1OCC(=O)O. The molecule has 0 atom stereocenters. The molecule has 122 valence electrons. The number of benzene rings is 1. The van der Waals surface area contributed by atoms with E-state index >= 15 is 0 Å². The molecule has 1 aromatic carbocycles. The van der Waals surface area contributed by atoms with Crippen LogP contribution in [0.1, 0.15) is 11.1 Å². The molecule has 1 N–H and O–H groups in total. The Morgan fingerprint density at radius 3 is 2.74 bits per heavy atom. The number of hydrogen-bond acceptors (Lipinski definition) is 4. The van der Waals surface area contributed by atoms with Crippen molar-refractivity contribution < 1.29 is 14.6 Å². The van der Waals surface area contributed by atoms with E-state index in [1.165, 1.54) is 5.56 Å². The van der Waals surface area contributed by atoms with Crippen molar-refractivity contribution in [1.29, 1.82) is 0 Å². The quantitative estimate of drug-likeness (QED) is 0.804. The number of pyridine rings is 1. The number of hydrogen-bond donors (Lipinski definition) is 1. The zero-order chi connectivity index (χ0) is 16.7. The summed E-state index contributed by atoms with van der Waals surface area (Å²) in [4.78, 5) is 16.8. The molecule has 0 saturated heterocycles. The second kappa shape index (κ2) is 8.50. The molecule has 0 amide bonds. The number of aliphatic carboxylic acids is 1. The monoisotopic (exact) mass is 334 g/mol. The van der Waals surface area contributed by atoms with Gasteiger partial charge in [0.1, 0.15) is 5.75 Å². The van der Waals surface area contributed by atoms with Gasteiger partial charge in [-0.3, -0.25) is 4.98 Å². The third-order valence-corrected chi connectivity index (χ3v) is 3.58. The second-order valence-corrected chi connectivity index (χ2v) is 5.71. The Morgan fingerprint density at radius 1 is 1.30 bits per heavy atom. The Balaban J connectivity index is 1.97. The lowest BCUT2D eigenvalue weighted by molar-refractivity contribution is -0.139. The van der Waals surface area contributed by atoms with E-state index < -0.39 is 5.97 Å². The maximum Gasteiger partial charge on any atom is 0.341 e. The van der Waals surface area contributed by atoms with Crippen molar-refractivity contribution in [3.05, 3.63) is 58.9 Å². The van der Waals surface area contributed by atoms with E-state index in [9.17, 15) is 4.79 Å². The van der Waals surface area contributed by atoms with E-state index in [1.807, 2.05) is 25.2 Å². The maximum absolute atomic E-state index is 10.7. The fraction of sp³-hybridized carbons (Fsp3) is 0.294. The van der Waals surface area contributed by atoms with Crippen LogP contribution in [-0.2, 0) is 17.8 Å². The molecular formula is C17H19ClN2O3. The van der Waals surface area contributed by atoms with Crippen LogP contribution in [0.15, 0.2) is 42.7 Å². The molecule has 2 aromatic rings. The van der Waals surface area contributed by atoms with Gasteiger partial charge in [-0.25, -0.2) is 4.79 Å². The molecular weight excluding hydrogens is 316 g/mol. The molecule has 6 heteroatoms. The van der Waals surface area contributed by atoms with Crippen LogP contribution in [0.5, 0.6) is 5.75 Å². The lowest BCUT2D eigenvalue weighted by atomic mass is 10.1. The minimum Gasteiger partial charge on any atom is -0.482 e. The normalized spacial score (nSPS) is 10.7. The average molecular weight is 335 g/mol. The van der Waals surface area contributed by atoms with Gasteiger partial charge in [-0.1, -0.05) is 11.6 Å². The summed E-state index contributed by atoms with van der Waals surface area (Å²) in [6.07, 6.45) is 4.47. The summed E-state index contributed by atoms with van der Waals surface area (Å²) in [6, 6.07) is 9.20. The molecule has 1 aromatic heterocycles. The summed E-state index contributed by atoms with van der Waals surface area (Å²) in [5.41, 5.74) is 2.09. The predicted molar refractivity (Wildman–Crippen MR) is 88.9 cm³/mol. The summed E-state index contributed by atoms with van der Waals surface area (Å²) in [7, 11) is 2.00. The molecule has 2 rings (SSSR count). The Bertz CT molecular complexity index is 650. The van der Waals surface area contributed by atoms with Crippen LogP contribution in [0.3, 0.4) is 0 Å². The number of likely N-dealkylation sites (N-methyl/N-ethyl adjacent to an activating group) is 1. The van der Waals surface area contributed by atoms with Gasteiger partial charge in [0.05, 0.1) is 0 Å². The fourth-order valence-electron chi connectivity index (χ4n) is 2.19. The van der Waals surface area contributed by atoms with E-state index in [2.05, 4.69) is 9.88 Å². The Morgan fingerprint density at radius 2 is 2.04 bits per heavy atom. The first kappa shape index (κ1) is 17.2. The van der Waals surface area contributed by atoms with Crippen LogP contribution in [0.25, 0.3) is 0 Å². The van der Waals surface area contributed by atoms with Gasteiger partial charge in [-0.2, -0.15) is 0 Å². The lowest BCUT2D eigenvalue weighted by Crippen LogP contribution is -2.21. The molecule has 0 aliphatic rings. The molecule has 0 saturated carbocycles. The van der Waals surface area contributed by atoms with Gasteiger partial charge < -0.3 is 14.7 Å². The third-order valence-electron chi connectivity index (χ3n) is 3.35. The van der Waals surface area contributed by atoms with Crippen molar-refractivity contribution in [2.75, 3.05) is 20.2 Å². The summed E-state index contributed by atoms with van der Waals surface area (Å²) in [5, 5.41) is 9.35. The largest absolute Gasteiger partial charge is 0.482 e. The van der Waals surface area contributed by atoms with Crippen LogP contribution < -0.4 is 4.74 Å². The highest BCUT2D eigenvalue weighted by atomic mass is 35.5. The summed E-state index contributed by atoms with van der Waals surface area (Å²) in [5.74, 6) is -0.454. The van der Waals surface area contributed by atoms with Gasteiger partial charge in [0.2, 0.25) is 0 Å². The standard InChI is InChI=1S/C17H19ClN2O3/c1-20(9-6-13-4-7-19-8-5-13)11-14-10-15(18)2-3-16(14)23-12-17(21)22/h2-5,7-8,10H,6,9,11-12H2,1H3,(H,21,22). The molecule has 5 nitrogen and oxygen atoms in total. The number of carboxylic acids is 1. The van der Waals surface area contributed by atoms with Crippen molar-refractivity contribution in [3.8, 4) is 5.75 Å². The number of rotatable bonds is 8. The second-order valence-electron chi connectivity index (χ2n) is 5.28. The number of carboxylic acid groups (broad SMARTS) is 1. The van der Waals surface area contributed by atoms with Crippen LogP contribution in [-0.4, -0.2) is 41.2 Å². The van der Waals surface area contributed by atoms with Crippen molar-refractivity contribution >= 4 is 17.6 Å². The number of carbonyl (C=O) groups is 1. The third kappa shape index (κ3) is 5.88. The molecule has 0 fully saturated rings. The van der Waals surface area contributed by atoms with Crippen molar-refractivity contribution in [2.24, 2.45) is 0 Å². The number of nitrogens with zero attached hydrogens (tertiary/aromatic N) is 2.